The van der Waals surface area contributed by atoms with E-state index in [9.17, 15) is 4.79 Å². The van der Waals surface area contributed by atoms with E-state index in [1.165, 1.54) is 29.5 Å². The lowest BCUT2D eigenvalue weighted by Gasteiger charge is -2.43. The van der Waals surface area contributed by atoms with E-state index in [1.54, 1.807) is 23.9 Å². The summed E-state index contributed by atoms with van der Waals surface area (Å²) in [6.45, 7) is 7.41. The van der Waals surface area contributed by atoms with E-state index in [-0.39, 0.29) is 5.56 Å². The van der Waals surface area contributed by atoms with Crippen LogP contribution < -0.4 is 15.8 Å². The molecule has 166 valence electrons. The highest BCUT2D eigenvalue weighted by atomic mass is 16.1. The van der Waals surface area contributed by atoms with Crippen LogP contribution in [0.4, 0.5) is 5.69 Å². The van der Waals surface area contributed by atoms with Crippen molar-refractivity contribution in [2.75, 3.05) is 31.1 Å². The first-order chi connectivity index (χ1) is 15.6. The maximum absolute atomic E-state index is 12.7. The molecule has 0 amide bonds. The van der Waals surface area contributed by atoms with Crippen LogP contribution in [0.15, 0.2) is 47.4 Å². The number of hydrogen-bond acceptors (Lipinski definition) is 5. The molecule has 0 radical (unpaired) electrons. The van der Waals surface area contributed by atoms with Gasteiger partial charge in [-0.25, -0.2) is 4.98 Å². The minimum absolute atomic E-state index is 0.00108. The van der Waals surface area contributed by atoms with Gasteiger partial charge in [-0.15, -0.1) is 0 Å². The normalized spacial score (nSPS) is 25.7. The number of rotatable bonds is 2. The number of nitrogens with zero attached hydrogens (tertiary/aromatic N) is 4. The predicted octanol–water partition coefficient (Wildman–Crippen LogP) is 3.17. The number of nitrogens with one attached hydrogen (secondary N) is 1. The fourth-order valence-electron chi connectivity index (χ4n) is 6.06. The second kappa shape index (κ2) is 7.71. The van der Waals surface area contributed by atoms with Crippen LogP contribution in [-0.2, 0) is 13.6 Å². The first kappa shape index (κ1) is 19.9. The number of piperidine rings is 1. The maximum atomic E-state index is 12.7. The SMILES string of the molecule is C[C@@H]1CN(c2cc(=O)n(C)c3ncccc23)C[C@@H]2c3ccc(C4CCCNC4)cc3CN12. The summed E-state index contributed by atoms with van der Waals surface area (Å²) in [6.07, 6.45) is 4.31. The van der Waals surface area contributed by atoms with Gasteiger partial charge in [0.25, 0.3) is 5.56 Å². The average Bonchev–Trinajstić information content (AvgIpc) is 3.20. The van der Waals surface area contributed by atoms with Gasteiger partial charge in [0.2, 0.25) is 0 Å². The molecule has 0 bridgehead atoms. The molecule has 1 aromatic carbocycles. The highest BCUT2D eigenvalue weighted by Crippen LogP contribution is 2.41. The molecule has 0 aliphatic carbocycles. The van der Waals surface area contributed by atoms with Crippen LogP contribution in [0, 0.1) is 0 Å². The number of aryl methyl sites for hydroxylation is 1. The Morgan fingerprint density at radius 3 is 2.91 bits per heavy atom. The van der Waals surface area contributed by atoms with Crippen molar-refractivity contribution in [3.8, 4) is 0 Å². The molecule has 3 atom stereocenters. The van der Waals surface area contributed by atoms with Crippen molar-refractivity contribution in [1.82, 2.24) is 19.8 Å². The van der Waals surface area contributed by atoms with Crippen LogP contribution in [0.3, 0.4) is 0 Å². The monoisotopic (exact) mass is 429 g/mol. The summed E-state index contributed by atoms with van der Waals surface area (Å²) in [5.74, 6) is 0.639. The zero-order valence-electron chi connectivity index (χ0n) is 18.9. The quantitative estimate of drug-likeness (QED) is 0.678. The summed E-state index contributed by atoms with van der Waals surface area (Å²) >= 11 is 0. The third kappa shape index (κ3) is 3.16. The number of hydrogen-bond donors (Lipinski definition) is 1. The first-order valence-electron chi connectivity index (χ1n) is 11.9. The summed E-state index contributed by atoms with van der Waals surface area (Å²) < 4.78 is 1.64. The van der Waals surface area contributed by atoms with E-state index in [0.717, 1.165) is 49.4 Å². The van der Waals surface area contributed by atoms with Gasteiger partial charge in [0.15, 0.2) is 0 Å². The minimum atomic E-state index is -0.00108. The second-order valence-electron chi connectivity index (χ2n) is 9.75. The Morgan fingerprint density at radius 2 is 2.06 bits per heavy atom. The van der Waals surface area contributed by atoms with Crippen LogP contribution in [0.2, 0.25) is 0 Å². The van der Waals surface area contributed by atoms with E-state index in [2.05, 4.69) is 51.3 Å². The van der Waals surface area contributed by atoms with Crippen molar-refractivity contribution in [2.24, 2.45) is 7.05 Å². The second-order valence-corrected chi connectivity index (χ2v) is 9.75. The van der Waals surface area contributed by atoms with E-state index in [4.69, 9.17) is 0 Å². The van der Waals surface area contributed by atoms with Crippen molar-refractivity contribution in [2.45, 2.75) is 44.3 Å². The molecular weight excluding hydrogens is 398 g/mol. The lowest BCUT2D eigenvalue weighted by molar-refractivity contribution is 0.134. The molecule has 6 heteroatoms. The van der Waals surface area contributed by atoms with Crippen LogP contribution >= 0.6 is 0 Å². The fraction of sp³-hybridized carbons (Fsp3) is 0.462. The van der Waals surface area contributed by atoms with E-state index in [0.29, 0.717) is 18.0 Å². The van der Waals surface area contributed by atoms with Crippen LogP contribution in [0.5, 0.6) is 0 Å². The molecule has 3 aliphatic heterocycles. The van der Waals surface area contributed by atoms with E-state index >= 15 is 0 Å². The van der Waals surface area contributed by atoms with Gasteiger partial charge in [-0.2, -0.15) is 0 Å². The molecule has 2 aromatic heterocycles. The molecule has 1 unspecified atom stereocenters. The van der Waals surface area contributed by atoms with Crippen molar-refractivity contribution >= 4 is 16.7 Å². The molecule has 6 nitrogen and oxygen atoms in total. The number of fused-ring (bicyclic) bond motifs is 4. The molecule has 3 aliphatic rings. The zero-order valence-corrected chi connectivity index (χ0v) is 18.9. The summed E-state index contributed by atoms with van der Waals surface area (Å²) in [5.41, 5.74) is 6.20. The molecule has 2 saturated heterocycles. The third-order valence-corrected chi connectivity index (χ3v) is 7.80. The summed E-state index contributed by atoms with van der Waals surface area (Å²) in [7, 11) is 1.80. The van der Waals surface area contributed by atoms with Gasteiger partial charge in [-0.1, -0.05) is 18.2 Å². The van der Waals surface area contributed by atoms with Gasteiger partial charge in [0, 0.05) is 56.9 Å². The highest BCUT2D eigenvalue weighted by molar-refractivity contribution is 5.89. The smallest absolute Gasteiger partial charge is 0.253 e. The Morgan fingerprint density at radius 1 is 1.16 bits per heavy atom. The standard InChI is InChI=1S/C26H31N5O/c1-17-14-30(23-12-25(32)29(2)26-22(23)6-4-10-28-26)16-24-21-8-7-18(11-20(21)15-31(17)24)19-5-3-9-27-13-19/h4,6-8,10-12,17,19,24,27H,3,5,9,13-16H2,1-2H3/t17-,19?,24-/m1/s1. The number of pyridine rings is 2. The highest BCUT2D eigenvalue weighted by Gasteiger charge is 2.39. The third-order valence-electron chi connectivity index (χ3n) is 7.80. The zero-order chi connectivity index (χ0) is 21.8. The molecule has 0 saturated carbocycles. The lowest BCUT2D eigenvalue weighted by Crippen LogP contribution is -2.51. The van der Waals surface area contributed by atoms with Gasteiger partial charge in [0.1, 0.15) is 5.65 Å². The molecule has 1 N–H and O–H groups in total. The molecule has 0 spiro atoms. The number of aromatic nitrogens is 2. The van der Waals surface area contributed by atoms with Gasteiger partial charge < -0.3 is 10.2 Å². The van der Waals surface area contributed by atoms with Gasteiger partial charge in [-0.3, -0.25) is 14.3 Å². The molecular formula is C26H31N5O. The Balaban J connectivity index is 1.35. The topological polar surface area (TPSA) is 53.4 Å². The van der Waals surface area contributed by atoms with Gasteiger partial charge in [0.05, 0.1) is 11.7 Å². The van der Waals surface area contributed by atoms with E-state index < -0.39 is 0 Å². The Labute approximate surface area is 188 Å². The number of benzene rings is 1. The number of piperazine rings is 1. The molecule has 2 fully saturated rings. The van der Waals surface area contributed by atoms with Crippen molar-refractivity contribution < 1.29 is 0 Å². The van der Waals surface area contributed by atoms with Crippen LogP contribution in [-0.4, -0.2) is 46.7 Å². The van der Waals surface area contributed by atoms with Crippen molar-refractivity contribution in [3.05, 3.63) is 69.6 Å². The maximum Gasteiger partial charge on any atom is 0.253 e. The summed E-state index contributed by atoms with van der Waals surface area (Å²) in [5, 5.41) is 4.61. The Bertz CT molecular complexity index is 1230. The van der Waals surface area contributed by atoms with Crippen molar-refractivity contribution in [3.63, 3.8) is 0 Å². The molecule has 32 heavy (non-hydrogen) atoms. The van der Waals surface area contributed by atoms with E-state index in [1.807, 2.05) is 6.07 Å². The summed E-state index contributed by atoms with van der Waals surface area (Å²) in [4.78, 5) is 22.2. The summed E-state index contributed by atoms with van der Waals surface area (Å²) in [6, 6.07) is 13.8. The van der Waals surface area contributed by atoms with Gasteiger partial charge >= 0.3 is 0 Å². The minimum Gasteiger partial charge on any atom is -0.367 e. The van der Waals surface area contributed by atoms with Crippen molar-refractivity contribution in [1.29, 1.82) is 0 Å². The number of anilines is 1. The van der Waals surface area contributed by atoms with Crippen LogP contribution in [0.1, 0.15) is 48.4 Å². The largest absolute Gasteiger partial charge is 0.367 e. The first-order valence-corrected chi connectivity index (χ1v) is 11.9. The molecule has 5 heterocycles. The molecule has 6 rings (SSSR count). The predicted molar refractivity (Wildman–Crippen MR) is 128 cm³/mol. The molecule has 3 aromatic rings. The fourth-order valence-corrected chi connectivity index (χ4v) is 6.06. The van der Waals surface area contributed by atoms with Gasteiger partial charge in [-0.05, 0) is 61.1 Å². The lowest BCUT2D eigenvalue weighted by atomic mass is 9.89. The Kier molecular flexibility index (Phi) is 4.81. The Hall–Kier alpha value is -2.70. The van der Waals surface area contributed by atoms with Crippen LogP contribution in [0.25, 0.3) is 11.0 Å². The average molecular weight is 430 g/mol.